The van der Waals surface area contributed by atoms with Gasteiger partial charge in [0, 0.05) is 25.6 Å². The predicted molar refractivity (Wildman–Crippen MR) is 103 cm³/mol. The van der Waals surface area contributed by atoms with Crippen molar-refractivity contribution in [2.24, 2.45) is 0 Å². The molecule has 2 aromatic carbocycles. The molecule has 0 saturated carbocycles. The van der Waals surface area contributed by atoms with Gasteiger partial charge in [0.05, 0.1) is 6.42 Å². The molecule has 26 heavy (non-hydrogen) atoms. The van der Waals surface area contributed by atoms with Gasteiger partial charge in [0.15, 0.2) is 0 Å². The van der Waals surface area contributed by atoms with Gasteiger partial charge in [-0.15, -0.1) is 0 Å². The fourth-order valence-corrected chi connectivity index (χ4v) is 3.56. The first kappa shape index (κ1) is 18.2. The number of carbonyl (C=O) groups is 2. The first-order valence-corrected chi connectivity index (χ1v) is 9.36. The first-order valence-electron chi connectivity index (χ1n) is 9.36. The van der Waals surface area contributed by atoms with Crippen molar-refractivity contribution in [3.8, 4) is 0 Å². The molecule has 0 spiro atoms. The molecule has 0 radical (unpaired) electrons. The van der Waals surface area contributed by atoms with Crippen LogP contribution in [0, 0.1) is 0 Å². The van der Waals surface area contributed by atoms with Gasteiger partial charge in [0.2, 0.25) is 11.8 Å². The van der Waals surface area contributed by atoms with Crippen molar-refractivity contribution in [3.63, 3.8) is 0 Å². The molecule has 136 valence electrons. The zero-order valence-corrected chi connectivity index (χ0v) is 15.1. The van der Waals surface area contributed by atoms with Gasteiger partial charge in [-0.3, -0.25) is 9.59 Å². The second-order valence-electron chi connectivity index (χ2n) is 6.84. The fraction of sp³-hybridized carbons (Fsp3) is 0.364. The van der Waals surface area contributed by atoms with Crippen LogP contribution in [0.4, 0.5) is 0 Å². The Kier molecular flexibility index (Phi) is 6.42. The van der Waals surface area contributed by atoms with E-state index >= 15 is 0 Å². The SMILES string of the molecule is O=C(Cc1ccccc1)NCCC(=O)N1CCCC1Cc1ccccc1. The van der Waals surface area contributed by atoms with Crippen LogP contribution in [0.1, 0.15) is 30.4 Å². The topological polar surface area (TPSA) is 49.4 Å². The van der Waals surface area contributed by atoms with Crippen LogP contribution >= 0.6 is 0 Å². The molecule has 1 unspecified atom stereocenters. The molecule has 1 atom stereocenters. The Morgan fingerprint density at radius 2 is 1.62 bits per heavy atom. The predicted octanol–water partition coefficient (Wildman–Crippen LogP) is 2.97. The molecular weight excluding hydrogens is 324 g/mol. The molecule has 3 rings (SSSR count). The van der Waals surface area contributed by atoms with Crippen LogP contribution in [0.3, 0.4) is 0 Å². The third-order valence-corrected chi connectivity index (χ3v) is 4.88. The average molecular weight is 350 g/mol. The number of carbonyl (C=O) groups excluding carboxylic acids is 2. The second-order valence-corrected chi connectivity index (χ2v) is 6.84. The monoisotopic (exact) mass is 350 g/mol. The normalized spacial score (nSPS) is 16.5. The molecular formula is C22H26N2O2. The molecule has 1 aliphatic heterocycles. The zero-order chi connectivity index (χ0) is 18.2. The van der Waals surface area contributed by atoms with E-state index in [2.05, 4.69) is 17.4 Å². The molecule has 1 aliphatic rings. The highest BCUT2D eigenvalue weighted by atomic mass is 16.2. The number of benzene rings is 2. The minimum atomic E-state index is -0.0359. The van der Waals surface area contributed by atoms with Crippen LogP contribution in [0.15, 0.2) is 60.7 Å². The minimum absolute atomic E-state index is 0.0359. The molecule has 0 aromatic heterocycles. The highest BCUT2D eigenvalue weighted by Crippen LogP contribution is 2.21. The quantitative estimate of drug-likeness (QED) is 0.835. The number of hydrogen-bond donors (Lipinski definition) is 1. The molecule has 4 heteroatoms. The van der Waals surface area contributed by atoms with Crippen molar-refractivity contribution < 1.29 is 9.59 Å². The summed E-state index contributed by atoms with van der Waals surface area (Å²) in [5.74, 6) is 0.106. The number of hydrogen-bond acceptors (Lipinski definition) is 2. The third kappa shape index (κ3) is 5.19. The van der Waals surface area contributed by atoms with E-state index in [4.69, 9.17) is 0 Å². The summed E-state index contributed by atoms with van der Waals surface area (Å²) in [6.45, 7) is 1.23. The van der Waals surface area contributed by atoms with E-state index in [1.807, 2.05) is 53.4 Å². The summed E-state index contributed by atoms with van der Waals surface area (Å²) >= 11 is 0. The molecule has 0 aliphatic carbocycles. The van der Waals surface area contributed by atoms with Crippen molar-refractivity contribution in [3.05, 3.63) is 71.8 Å². The summed E-state index contributed by atoms with van der Waals surface area (Å²) in [7, 11) is 0. The van der Waals surface area contributed by atoms with E-state index in [1.165, 1.54) is 5.56 Å². The lowest BCUT2D eigenvalue weighted by atomic mass is 10.0. The summed E-state index contributed by atoms with van der Waals surface area (Å²) in [4.78, 5) is 26.5. The molecule has 2 amide bonds. The van der Waals surface area contributed by atoms with E-state index in [-0.39, 0.29) is 17.9 Å². The lowest BCUT2D eigenvalue weighted by molar-refractivity contribution is -0.132. The molecule has 4 nitrogen and oxygen atoms in total. The minimum Gasteiger partial charge on any atom is -0.355 e. The zero-order valence-electron chi connectivity index (χ0n) is 15.1. The molecule has 1 N–H and O–H groups in total. The lowest BCUT2D eigenvalue weighted by Gasteiger charge is -2.25. The van der Waals surface area contributed by atoms with Crippen molar-refractivity contribution >= 4 is 11.8 Å². The maximum atomic E-state index is 12.6. The van der Waals surface area contributed by atoms with Crippen LogP contribution in [0.25, 0.3) is 0 Å². The van der Waals surface area contributed by atoms with Crippen molar-refractivity contribution in [2.45, 2.75) is 38.1 Å². The van der Waals surface area contributed by atoms with Crippen molar-refractivity contribution in [2.75, 3.05) is 13.1 Å². The van der Waals surface area contributed by atoms with Gasteiger partial charge >= 0.3 is 0 Å². The maximum Gasteiger partial charge on any atom is 0.224 e. The van der Waals surface area contributed by atoms with E-state index < -0.39 is 0 Å². The van der Waals surface area contributed by atoms with E-state index in [9.17, 15) is 9.59 Å². The van der Waals surface area contributed by atoms with E-state index in [1.54, 1.807) is 0 Å². The Labute approximate surface area is 155 Å². The fourth-order valence-electron chi connectivity index (χ4n) is 3.56. The van der Waals surface area contributed by atoms with Gasteiger partial charge in [-0.1, -0.05) is 60.7 Å². The Bertz CT molecular complexity index is 715. The van der Waals surface area contributed by atoms with Gasteiger partial charge in [0.1, 0.15) is 0 Å². The van der Waals surface area contributed by atoms with Gasteiger partial charge in [-0.2, -0.15) is 0 Å². The molecule has 1 heterocycles. The van der Waals surface area contributed by atoms with Crippen LogP contribution in [-0.4, -0.2) is 35.8 Å². The van der Waals surface area contributed by atoms with E-state index in [0.29, 0.717) is 19.4 Å². The van der Waals surface area contributed by atoms with Gasteiger partial charge in [-0.25, -0.2) is 0 Å². The molecule has 0 bridgehead atoms. The Balaban J connectivity index is 1.43. The summed E-state index contributed by atoms with van der Waals surface area (Å²) in [5, 5.41) is 2.86. The number of rotatable bonds is 7. The number of nitrogens with zero attached hydrogens (tertiary/aromatic N) is 1. The van der Waals surface area contributed by atoms with E-state index in [0.717, 1.165) is 31.4 Å². The highest BCUT2D eigenvalue weighted by molar-refractivity contribution is 5.80. The number of nitrogens with one attached hydrogen (secondary N) is 1. The molecule has 1 fully saturated rings. The van der Waals surface area contributed by atoms with Crippen LogP contribution in [-0.2, 0) is 22.4 Å². The van der Waals surface area contributed by atoms with Crippen LogP contribution in [0.2, 0.25) is 0 Å². The largest absolute Gasteiger partial charge is 0.355 e. The number of amides is 2. The summed E-state index contributed by atoms with van der Waals surface area (Å²) in [5.41, 5.74) is 2.26. The van der Waals surface area contributed by atoms with Crippen LogP contribution in [0.5, 0.6) is 0 Å². The second kappa shape index (κ2) is 9.18. The van der Waals surface area contributed by atoms with Gasteiger partial charge < -0.3 is 10.2 Å². The first-order chi connectivity index (χ1) is 12.7. The molecule has 1 saturated heterocycles. The van der Waals surface area contributed by atoms with Crippen molar-refractivity contribution in [1.29, 1.82) is 0 Å². The summed E-state index contributed by atoms with van der Waals surface area (Å²) in [6.07, 6.45) is 3.75. The highest BCUT2D eigenvalue weighted by Gasteiger charge is 2.28. The summed E-state index contributed by atoms with van der Waals surface area (Å²) < 4.78 is 0. The Hall–Kier alpha value is -2.62. The Morgan fingerprint density at radius 1 is 0.962 bits per heavy atom. The Morgan fingerprint density at radius 3 is 2.31 bits per heavy atom. The standard InChI is InChI=1S/C22H26N2O2/c25-21(17-19-10-5-2-6-11-19)23-14-13-22(26)24-15-7-12-20(24)16-18-8-3-1-4-9-18/h1-6,8-11,20H,7,12-17H2,(H,23,25). The maximum absolute atomic E-state index is 12.6. The lowest BCUT2D eigenvalue weighted by Crippen LogP contribution is -2.39. The molecule has 2 aromatic rings. The summed E-state index contributed by atoms with van der Waals surface area (Å²) in [6, 6.07) is 20.3. The van der Waals surface area contributed by atoms with Crippen molar-refractivity contribution in [1.82, 2.24) is 10.2 Å². The number of likely N-dealkylation sites (tertiary alicyclic amines) is 1. The third-order valence-electron chi connectivity index (χ3n) is 4.88. The van der Waals surface area contributed by atoms with Gasteiger partial charge in [-0.05, 0) is 30.4 Å². The smallest absolute Gasteiger partial charge is 0.224 e. The average Bonchev–Trinajstić information content (AvgIpc) is 3.11. The van der Waals surface area contributed by atoms with Crippen LogP contribution < -0.4 is 5.32 Å². The van der Waals surface area contributed by atoms with Gasteiger partial charge in [0.25, 0.3) is 0 Å².